The number of Topliss-reactive ketones (excluding diaryl/α,β-unsaturated/α-hetero) is 1. The van der Waals surface area contributed by atoms with E-state index in [0.717, 1.165) is 6.29 Å². The van der Waals surface area contributed by atoms with Crippen molar-refractivity contribution in [1.29, 1.82) is 0 Å². The lowest BCUT2D eigenvalue weighted by Crippen LogP contribution is -2.11. The van der Waals surface area contributed by atoms with Gasteiger partial charge in [-0.3, -0.25) is 4.79 Å². The first-order valence-corrected chi connectivity index (χ1v) is 3.66. The van der Waals surface area contributed by atoms with Crippen LogP contribution in [0.1, 0.15) is 19.4 Å². The molecule has 0 radical (unpaired) electrons. The zero-order valence-electron chi connectivity index (χ0n) is 6.80. The highest BCUT2D eigenvalue weighted by molar-refractivity contribution is 5.79. The summed E-state index contributed by atoms with van der Waals surface area (Å²) in [4.78, 5) is 25.0. The van der Waals surface area contributed by atoms with Crippen LogP contribution in [0, 0.1) is 0 Å². The summed E-state index contributed by atoms with van der Waals surface area (Å²) in [6, 6.07) is -0.398. The van der Waals surface area contributed by atoms with E-state index in [2.05, 4.69) is 4.98 Å². The fourth-order valence-electron chi connectivity index (χ4n) is 0.984. The highest BCUT2D eigenvalue weighted by Crippen LogP contribution is 2.07. The molecule has 0 aliphatic heterocycles. The molecule has 0 N–H and O–H groups in total. The van der Waals surface area contributed by atoms with Crippen molar-refractivity contribution >= 4 is 12.1 Å². The average Bonchev–Trinajstić information content (AvgIpc) is 2.51. The molecule has 0 aliphatic rings. The van der Waals surface area contributed by atoms with Crippen LogP contribution in [-0.4, -0.2) is 21.6 Å². The van der Waals surface area contributed by atoms with Crippen LogP contribution in [0.3, 0.4) is 0 Å². The van der Waals surface area contributed by atoms with Crippen molar-refractivity contribution < 1.29 is 9.59 Å². The Kier molecular flexibility index (Phi) is 2.74. The lowest BCUT2D eigenvalue weighted by Gasteiger charge is -2.08. The minimum Gasteiger partial charge on any atom is -0.327 e. The van der Waals surface area contributed by atoms with Gasteiger partial charge in [0.05, 0.1) is 12.4 Å². The summed E-state index contributed by atoms with van der Waals surface area (Å²) in [7, 11) is 0. The summed E-state index contributed by atoms with van der Waals surface area (Å²) >= 11 is 0. The van der Waals surface area contributed by atoms with Crippen molar-refractivity contribution in [3.63, 3.8) is 0 Å². The predicted octanol–water partition coefficient (Wildman–Crippen LogP) is 0.602. The van der Waals surface area contributed by atoms with Gasteiger partial charge in [0.1, 0.15) is 12.1 Å². The third-order valence-corrected chi connectivity index (χ3v) is 1.56. The van der Waals surface area contributed by atoms with Crippen molar-refractivity contribution in [1.82, 2.24) is 9.55 Å². The lowest BCUT2D eigenvalue weighted by atomic mass is 10.2. The molecule has 4 nitrogen and oxygen atoms in total. The Balaban J connectivity index is 2.69. The molecule has 0 spiro atoms. The Morgan fingerprint density at radius 2 is 2.50 bits per heavy atom. The molecule has 1 rings (SSSR count). The maximum absolute atomic E-state index is 10.7. The Morgan fingerprint density at radius 1 is 1.75 bits per heavy atom. The molecule has 0 amide bonds. The highest BCUT2D eigenvalue weighted by Gasteiger charge is 2.10. The van der Waals surface area contributed by atoms with E-state index < -0.39 is 6.04 Å². The Bertz CT molecular complexity index is 267. The quantitative estimate of drug-likeness (QED) is 0.615. The van der Waals surface area contributed by atoms with Gasteiger partial charge in [-0.2, -0.15) is 0 Å². The van der Waals surface area contributed by atoms with Crippen LogP contribution in [0.5, 0.6) is 0 Å². The van der Waals surface area contributed by atoms with Crippen LogP contribution in [0.4, 0.5) is 0 Å². The molecule has 4 heteroatoms. The first-order chi connectivity index (χ1) is 5.74. The normalized spacial score (nSPS) is 12.4. The van der Waals surface area contributed by atoms with E-state index in [9.17, 15) is 9.59 Å². The maximum atomic E-state index is 10.7. The van der Waals surface area contributed by atoms with Crippen molar-refractivity contribution in [3.05, 3.63) is 18.7 Å². The van der Waals surface area contributed by atoms with E-state index in [4.69, 9.17) is 0 Å². The number of rotatable bonds is 4. The van der Waals surface area contributed by atoms with Gasteiger partial charge in [-0.1, -0.05) is 0 Å². The third-order valence-electron chi connectivity index (χ3n) is 1.56. The number of imidazole rings is 1. The molecule has 12 heavy (non-hydrogen) atoms. The largest absolute Gasteiger partial charge is 0.327 e. The Labute approximate surface area is 70.2 Å². The van der Waals surface area contributed by atoms with Gasteiger partial charge in [0.2, 0.25) is 0 Å². The topological polar surface area (TPSA) is 52.0 Å². The molecule has 1 unspecified atom stereocenters. The molecule has 0 fully saturated rings. The summed E-state index contributed by atoms with van der Waals surface area (Å²) < 4.78 is 1.62. The molecule has 1 aromatic heterocycles. The summed E-state index contributed by atoms with van der Waals surface area (Å²) in [6.45, 7) is 1.47. The van der Waals surface area contributed by atoms with E-state index in [-0.39, 0.29) is 12.2 Å². The highest BCUT2D eigenvalue weighted by atomic mass is 16.1. The zero-order valence-corrected chi connectivity index (χ0v) is 6.80. The van der Waals surface area contributed by atoms with Gasteiger partial charge in [-0.25, -0.2) is 4.98 Å². The number of aldehydes is 1. The number of ketones is 1. The van der Waals surface area contributed by atoms with E-state index in [0.29, 0.717) is 0 Å². The number of hydrogen-bond acceptors (Lipinski definition) is 3. The minimum absolute atomic E-state index is 0.000741. The second kappa shape index (κ2) is 3.80. The van der Waals surface area contributed by atoms with Crippen LogP contribution in [-0.2, 0) is 9.59 Å². The molecular formula is C8H10N2O2. The van der Waals surface area contributed by atoms with Gasteiger partial charge in [-0.05, 0) is 6.92 Å². The van der Waals surface area contributed by atoms with E-state index in [1.165, 1.54) is 13.3 Å². The molecule has 1 heterocycles. The number of hydrogen-bond donors (Lipinski definition) is 0. The molecule has 0 saturated heterocycles. The molecule has 64 valence electrons. The average molecular weight is 166 g/mol. The second-order valence-corrected chi connectivity index (χ2v) is 2.62. The molecular weight excluding hydrogens is 156 g/mol. The first kappa shape index (κ1) is 8.64. The number of nitrogens with zero attached hydrogens (tertiary/aromatic N) is 2. The monoisotopic (exact) mass is 166 g/mol. The lowest BCUT2D eigenvalue weighted by molar-refractivity contribution is -0.120. The minimum atomic E-state index is -0.398. The smallest absolute Gasteiger partial charge is 0.143 e. The standard InChI is InChI=1S/C8H10N2O2/c1-7(12)4-8(5-11)10-3-2-9-6-10/h2-3,5-6,8H,4H2,1H3. The fourth-order valence-corrected chi connectivity index (χ4v) is 0.984. The summed E-state index contributed by atoms with van der Waals surface area (Å²) in [5, 5.41) is 0. The molecule has 0 aliphatic carbocycles. The maximum Gasteiger partial charge on any atom is 0.143 e. The van der Waals surface area contributed by atoms with Crippen molar-refractivity contribution in [2.24, 2.45) is 0 Å². The summed E-state index contributed by atoms with van der Waals surface area (Å²) in [6.07, 6.45) is 5.77. The van der Waals surface area contributed by atoms with Crippen molar-refractivity contribution in [2.75, 3.05) is 0 Å². The second-order valence-electron chi connectivity index (χ2n) is 2.62. The van der Waals surface area contributed by atoms with Gasteiger partial charge >= 0.3 is 0 Å². The SMILES string of the molecule is CC(=O)CC(C=O)n1ccnc1. The van der Waals surface area contributed by atoms with Crippen molar-refractivity contribution in [3.8, 4) is 0 Å². The molecule has 1 aromatic rings. The Hall–Kier alpha value is -1.45. The van der Waals surface area contributed by atoms with E-state index in [1.807, 2.05) is 0 Å². The van der Waals surface area contributed by atoms with E-state index >= 15 is 0 Å². The van der Waals surface area contributed by atoms with Crippen LogP contribution in [0.2, 0.25) is 0 Å². The zero-order chi connectivity index (χ0) is 8.97. The van der Waals surface area contributed by atoms with Crippen molar-refractivity contribution in [2.45, 2.75) is 19.4 Å². The summed E-state index contributed by atoms with van der Waals surface area (Å²) in [5.41, 5.74) is 0. The summed E-state index contributed by atoms with van der Waals surface area (Å²) in [5.74, 6) is 0.000741. The molecule has 1 atom stereocenters. The number of carbonyl (C=O) groups is 2. The van der Waals surface area contributed by atoms with Gasteiger partial charge in [0.15, 0.2) is 0 Å². The van der Waals surface area contributed by atoms with Crippen LogP contribution in [0.15, 0.2) is 18.7 Å². The molecule has 0 aromatic carbocycles. The van der Waals surface area contributed by atoms with Crippen LogP contribution < -0.4 is 0 Å². The number of carbonyl (C=O) groups excluding carboxylic acids is 2. The van der Waals surface area contributed by atoms with Gasteiger partial charge in [0.25, 0.3) is 0 Å². The first-order valence-electron chi connectivity index (χ1n) is 3.66. The molecule has 0 saturated carbocycles. The van der Waals surface area contributed by atoms with E-state index in [1.54, 1.807) is 17.0 Å². The Morgan fingerprint density at radius 3 is 2.92 bits per heavy atom. The van der Waals surface area contributed by atoms with Crippen LogP contribution >= 0.6 is 0 Å². The third kappa shape index (κ3) is 2.02. The van der Waals surface area contributed by atoms with Crippen LogP contribution in [0.25, 0.3) is 0 Å². The molecule has 0 bridgehead atoms. The van der Waals surface area contributed by atoms with Gasteiger partial charge in [0, 0.05) is 18.8 Å². The number of aromatic nitrogens is 2. The predicted molar refractivity (Wildman–Crippen MR) is 42.6 cm³/mol. The fraction of sp³-hybridized carbons (Fsp3) is 0.375. The van der Waals surface area contributed by atoms with Gasteiger partial charge in [-0.15, -0.1) is 0 Å². The van der Waals surface area contributed by atoms with Gasteiger partial charge < -0.3 is 9.36 Å².